The molecule has 1 amide bonds. The minimum Gasteiger partial charge on any atom is -0.385 e. The van der Waals surface area contributed by atoms with Gasteiger partial charge in [0, 0.05) is 37.9 Å². The zero-order valence-corrected chi connectivity index (χ0v) is 12.0. The first-order chi connectivity index (χ1) is 9.22. The Balaban J connectivity index is 1.96. The number of hydrogen-bond donors (Lipinski definition) is 1. The molecule has 0 bridgehead atoms. The van der Waals surface area contributed by atoms with Crippen LogP contribution in [0.2, 0.25) is 5.15 Å². The molecule has 0 saturated heterocycles. The van der Waals surface area contributed by atoms with E-state index in [9.17, 15) is 4.79 Å². The van der Waals surface area contributed by atoms with E-state index in [-0.39, 0.29) is 5.91 Å². The van der Waals surface area contributed by atoms with Crippen LogP contribution in [0.3, 0.4) is 0 Å². The number of halogens is 1. The molecule has 2 aromatic rings. The summed E-state index contributed by atoms with van der Waals surface area (Å²) in [4.78, 5) is 16.6. The molecule has 5 nitrogen and oxygen atoms in total. The van der Waals surface area contributed by atoms with Gasteiger partial charge in [-0.2, -0.15) is 0 Å². The van der Waals surface area contributed by atoms with Crippen molar-refractivity contribution < 1.29 is 9.53 Å². The molecule has 0 spiro atoms. The predicted octanol–water partition coefficient (Wildman–Crippen LogP) is 2.22. The Kier molecular flexibility index (Phi) is 4.95. The van der Waals surface area contributed by atoms with Crippen LogP contribution in [0.1, 0.15) is 12.1 Å². The quantitative estimate of drug-likeness (QED) is 0.657. The van der Waals surface area contributed by atoms with Gasteiger partial charge in [-0.1, -0.05) is 11.6 Å². The highest BCUT2D eigenvalue weighted by Gasteiger charge is 2.08. The number of nitrogens with zero attached hydrogens (tertiary/aromatic N) is 2. The van der Waals surface area contributed by atoms with E-state index in [4.69, 9.17) is 16.3 Å². The number of nitrogens with one attached hydrogen (secondary N) is 1. The lowest BCUT2D eigenvalue weighted by Crippen LogP contribution is -2.22. The number of thiazole rings is 1. The Morgan fingerprint density at radius 2 is 2.53 bits per heavy atom. The van der Waals surface area contributed by atoms with Crippen molar-refractivity contribution in [2.45, 2.75) is 6.42 Å². The SMILES string of the molecule is COCCCNC(=O)C=Cc1c(Cl)nc2sccn12. The number of rotatable bonds is 6. The van der Waals surface area contributed by atoms with Gasteiger partial charge in [0.2, 0.25) is 5.91 Å². The summed E-state index contributed by atoms with van der Waals surface area (Å²) in [5, 5.41) is 5.08. The number of carbonyl (C=O) groups excluding carboxylic acids is 1. The Bertz CT molecular complexity index is 591. The highest BCUT2D eigenvalue weighted by molar-refractivity contribution is 7.15. The zero-order valence-electron chi connectivity index (χ0n) is 10.4. The average molecular weight is 300 g/mol. The Labute approximate surface area is 119 Å². The van der Waals surface area contributed by atoms with Crippen molar-refractivity contribution in [2.75, 3.05) is 20.3 Å². The zero-order chi connectivity index (χ0) is 13.7. The van der Waals surface area contributed by atoms with Gasteiger partial charge in [-0.15, -0.1) is 11.3 Å². The van der Waals surface area contributed by atoms with Gasteiger partial charge in [-0.05, 0) is 12.5 Å². The Morgan fingerprint density at radius 1 is 1.68 bits per heavy atom. The second-order valence-electron chi connectivity index (χ2n) is 3.81. The van der Waals surface area contributed by atoms with Crippen LogP contribution in [0, 0.1) is 0 Å². The summed E-state index contributed by atoms with van der Waals surface area (Å²) >= 11 is 7.51. The van der Waals surface area contributed by atoms with E-state index in [1.54, 1.807) is 13.2 Å². The van der Waals surface area contributed by atoms with Crippen molar-refractivity contribution in [3.05, 3.63) is 28.5 Å². The van der Waals surface area contributed by atoms with E-state index in [2.05, 4.69) is 10.3 Å². The lowest BCUT2D eigenvalue weighted by molar-refractivity contribution is -0.116. The Hall–Kier alpha value is -1.37. The summed E-state index contributed by atoms with van der Waals surface area (Å²) in [5.41, 5.74) is 0.713. The van der Waals surface area contributed by atoms with Crippen LogP contribution in [-0.2, 0) is 9.53 Å². The summed E-state index contributed by atoms with van der Waals surface area (Å²) in [6.07, 6.45) is 5.79. The number of ether oxygens (including phenoxy) is 1. The van der Waals surface area contributed by atoms with Crippen molar-refractivity contribution in [1.82, 2.24) is 14.7 Å². The lowest BCUT2D eigenvalue weighted by Gasteiger charge is -2.00. The fraction of sp³-hybridized carbons (Fsp3) is 0.333. The van der Waals surface area contributed by atoms with Crippen LogP contribution < -0.4 is 5.32 Å². The molecule has 0 aliphatic rings. The molecule has 102 valence electrons. The van der Waals surface area contributed by atoms with Crippen LogP contribution in [0.15, 0.2) is 17.7 Å². The second-order valence-corrected chi connectivity index (χ2v) is 5.05. The third-order valence-corrected chi connectivity index (χ3v) is 3.51. The summed E-state index contributed by atoms with van der Waals surface area (Å²) in [7, 11) is 1.63. The number of imidazole rings is 1. The van der Waals surface area contributed by atoms with Gasteiger partial charge in [-0.3, -0.25) is 9.20 Å². The van der Waals surface area contributed by atoms with E-state index >= 15 is 0 Å². The molecule has 1 N–H and O–H groups in total. The van der Waals surface area contributed by atoms with Crippen molar-refractivity contribution in [1.29, 1.82) is 0 Å². The molecule has 0 unspecified atom stereocenters. The van der Waals surface area contributed by atoms with E-state index in [1.165, 1.54) is 17.4 Å². The number of methoxy groups -OCH3 is 1. The van der Waals surface area contributed by atoms with Crippen LogP contribution >= 0.6 is 22.9 Å². The molecular formula is C12H14ClN3O2S. The second kappa shape index (κ2) is 6.70. The van der Waals surface area contributed by atoms with E-state index in [0.717, 1.165) is 11.4 Å². The first-order valence-corrected chi connectivity index (χ1v) is 7.04. The molecule has 2 aromatic heterocycles. The van der Waals surface area contributed by atoms with Gasteiger partial charge in [-0.25, -0.2) is 4.98 Å². The third-order valence-electron chi connectivity index (χ3n) is 2.47. The molecule has 0 aliphatic carbocycles. The maximum Gasteiger partial charge on any atom is 0.244 e. The largest absolute Gasteiger partial charge is 0.385 e. The molecule has 0 atom stereocenters. The normalized spacial score (nSPS) is 11.5. The molecule has 0 aromatic carbocycles. The van der Waals surface area contributed by atoms with Crippen LogP contribution in [-0.4, -0.2) is 35.6 Å². The maximum absolute atomic E-state index is 11.6. The molecule has 7 heteroatoms. The van der Waals surface area contributed by atoms with Crippen LogP contribution in [0.25, 0.3) is 11.0 Å². The molecule has 0 radical (unpaired) electrons. The standard InChI is InChI=1S/C12H14ClN3O2S/c1-18-7-2-5-14-10(17)4-3-9-11(13)15-12-16(9)6-8-19-12/h3-4,6,8H,2,5,7H2,1H3,(H,14,17). The number of aromatic nitrogens is 2. The van der Waals surface area contributed by atoms with Gasteiger partial charge in [0.15, 0.2) is 10.1 Å². The minimum absolute atomic E-state index is 0.155. The topological polar surface area (TPSA) is 55.6 Å². The summed E-state index contributed by atoms with van der Waals surface area (Å²) in [6.45, 7) is 1.22. The van der Waals surface area contributed by atoms with Gasteiger partial charge < -0.3 is 10.1 Å². The van der Waals surface area contributed by atoms with Gasteiger partial charge in [0.25, 0.3) is 0 Å². The van der Waals surface area contributed by atoms with Gasteiger partial charge in [0.05, 0.1) is 5.69 Å². The minimum atomic E-state index is -0.155. The van der Waals surface area contributed by atoms with E-state index in [1.807, 2.05) is 16.0 Å². The molecule has 19 heavy (non-hydrogen) atoms. The average Bonchev–Trinajstić information content (AvgIpc) is 2.93. The van der Waals surface area contributed by atoms with E-state index < -0.39 is 0 Å². The number of amides is 1. The monoisotopic (exact) mass is 299 g/mol. The summed E-state index contributed by atoms with van der Waals surface area (Å²) < 4.78 is 6.75. The van der Waals surface area contributed by atoms with Gasteiger partial charge in [0.1, 0.15) is 0 Å². The van der Waals surface area contributed by atoms with Gasteiger partial charge >= 0.3 is 0 Å². The highest BCUT2D eigenvalue weighted by atomic mass is 35.5. The molecule has 0 aliphatic heterocycles. The third kappa shape index (κ3) is 3.56. The smallest absolute Gasteiger partial charge is 0.244 e. The van der Waals surface area contributed by atoms with Crippen molar-refractivity contribution >= 4 is 39.9 Å². The lowest BCUT2D eigenvalue weighted by atomic mass is 10.3. The number of hydrogen-bond acceptors (Lipinski definition) is 4. The molecule has 2 rings (SSSR count). The van der Waals surface area contributed by atoms with Crippen molar-refractivity contribution in [2.24, 2.45) is 0 Å². The Morgan fingerprint density at radius 3 is 3.32 bits per heavy atom. The van der Waals surface area contributed by atoms with Crippen LogP contribution in [0.4, 0.5) is 0 Å². The van der Waals surface area contributed by atoms with Crippen molar-refractivity contribution in [3.63, 3.8) is 0 Å². The first-order valence-electron chi connectivity index (χ1n) is 5.78. The molecule has 0 fully saturated rings. The maximum atomic E-state index is 11.6. The number of carbonyl (C=O) groups is 1. The highest BCUT2D eigenvalue weighted by Crippen LogP contribution is 2.22. The number of fused-ring (bicyclic) bond motifs is 1. The molecular weight excluding hydrogens is 286 g/mol. The predicted molar refractivity (Wildman–Crippen MR) is 76.6 cm³/mol. The first kappa shape index (κ1) is 14.0. The molecule has 0 saturated carbocycles. The summed E-state index contributed by atoms with van der Waals surface area (Å²) in [5.74, 6) is -0.155. The summed E-state index contributed by atoms with van der Waals surface area (Å²) in [6, 6.07) is 0. The van der Waals surface area contributed by atoms with Crippen LogP contribution in [0.5, 0.6) is 0 Å². The molecule has 2 heterocycles. The van der Waals surface area contributed by atoms with Crippen molar-refractivity contribution in [3.8, 4) is 0 Å². The fourth-order valence-corrected chi connectivity index (χ4v) is 2.57. The van der Waals surface area contributed by atoms with E-state index in [0.29, 0.717) is 24.0 Å². The fourth-order valence-electron chi connectivity index (χ4n) is 1.57.